The van der Waals surface area contributed by atoms with Gasteiger partial charge in [-0.1, -0.05) is 18.2 Å². The molecule has 6 nitrogen and oxygen atoms in total. The van der Waals surface area contributed by atoms with Gasteiger partial charge in [0.15, 0.2) is 11.5 Å². The summed E-state index contributed by atoms with van der Waals surface area (Å²) in [5.74, 6) is 1.91. The number of carbonyl (C=O) groups excluding carboxylic acids is 1. The molecule has 1 atom stereocenters. The summed E-state index contributed by atoms with van der Waals surface area (Å²) >= 11 is 0. The summed E-state index contributed by atoms with van der Waals surface area (Å²) in [6.45, 7) is 7.09. The third kappa shape index (κ3) is 6.45. The van der Waals surface area contributed by atoms with Gasteiger partial charge >= 0.3 is 0 Å². The number of ether oxygens (including phenoxy) is 3. The van der Waals surface area contributed by atoms with E-state index < -0.39 is 0 Å². The average Bonchev–Trinajstić information content (AvgIpc) is 2.79. The molecule has 6 heteroatoms. The van der Waals surface area contributed by atoms with Crippen LogP contribution in [0.15, 0.2) is 48.5 Å². The number of piperidine rings is 1. The van der Waals surface area contributed by atoms with Gasteiger partial charge in [0.1, 0.15) is 5.75 Å². The Labute approximate surface area is 185 Å². The molecule has 31 heavy (non-hydrogen) atoms. The fourth-order valence-electron chi connectivity index (χ4n) is 3.88. The van der Waals surface area contributed by atoms with Gasteiger partial charge in [-0.15, -0.1) is 0 Å². The topological polar surface area (TPSA) is 60.0 Å². The molecule has 1 saturated heterocycles. The number of methoxy groups -OCH3 is 1. The molecule has 0 spiro atoms. The maximum atomic E-state index is 13.5. The van der Waals surface area contributed by atoms with Crippen LogP contribution in [0.4, 0.5) is 0 Å². The van der Waals surface area contributed by atoms with Crippen molar-refractivity contribution in [2.75, 3.05) is 33.4 Å². The van der Waals surface area contributed by atoms with E-state index in [0.29, 0.717) is 30.3 Å². The van der Waals surface area contributed by atoms with E-state index in [1.54, 1.807) is 13.2 Å². The summed E-state index contributed by atoms with van der Waals surface area (Å²) in [7, 11) is 1.67. The van der Waals surface area contributed by atoms with E-state index >= 15 is 0 Å². The number of hydrogen-bond acceptors (Lipinski definition) is 5. The summed E-state index contributed by atoms with van der Waals surface area (Å²) in [6.07, 6.45) is 2.86. The highest BCUT2D eigenvalue weighted by atomic mass is 16.5. The molecule has 0 bridgehead atoms. The van der Waals surface area contributed by atoms with Crippen molar-refractivity contribution in [1.82, 2.24) is 10.2 Å². The number of amides is 1. The lowest BCUT2D eigenvalue weighted by molar-refractivity contribution is 0.0573. The molecule has 0 aromatic heterocycles. The number of para-hydroxylation sites is 1. The van der Waals surface area contributed by atoms with Crippen LogP contribution in [-0.4, -0.2) is 56.3 Å². The first-order chi connectivity index (χ1) is 15.1. The zero-order valence-electron chi connectivity index (χ0n) is 18.8. The molecule has 1 heterocycles. The van der Waals surface area contributed by atoms with E-state index in [2.05, 4.69) is 19.2 Å². The van der Waals surface area contributed by atoms with Crippen LogP contribution >= 0.6 is 0 Å². The second kappa shape index (κ2) is 11.7. The Bertz CT molecular complexity index is 820. The Morgan fingerprint density at radius 2 is 1.94 bits per heavy atom. The summed E-state index contributed by atoms with van der Waals surface area (Å²) in [4.78, 5) is 15.5. The van der Waals surface area contributed by atoms with Crippen molar-refractivity contribution >= 4 is 5.91 Å². The molecule has 2 aromatic rings. The molecule has 1 amide bonds. The SMILES string of the molecule is COCCCOc1cc(C(=O)N(C(C)C)[C@@H]2CCCNC2)ccc1Oc1ccccc1. The van der Waals surface area contributed by atoms with Crippen LogP contribution in [0.1, 0.15) is 43.5 Å². The lowest BCUT2D eigenvalue weighted by Crippen LogP contribution is -2.51. The molecule has 3 rings (SSSR count). The van der Waals surface area contributed by atoms with Gasteiger partial charge in [-0.25, -0.2) is 0 Å². The molecule has 1 fully saturated rings. The van der Waals surface area contributed by atoms with Crippen LogP contribution in [-0.2, 0) is 4.74 Å². The van der Waals surface area contributed by atoms with Crippen molar-refractivity contribution < 1.29 is 19.0 Å². The van der Waals surface area contributed by atoms with Gasteiger partial charge in [0, 0.05) is 44.3 Å². The Hall–Kier alpha value is -2.57. The first-order valence-electron chi connectivity index (χ1n) is 11.1. The molecule has 0 unspecified atom stereocenters. The van der Waals surface area contributed by atoms with Gasteiger partial charge in [0.05, 0.1) is 6.61 Å². The third-order valence-electron chi connectivity index (χ3n) is 5.37. The number of benzene rings is 2. The van der Waals surface area contributed by atoms with Crippen LogP contribution in [0.5, 0.6) is 17.2 Å². The van der Waals surface area contributed by atoms with E-state index in [1.165, 1.54) is 0 Å². The number of hydrogen-bond donors (Lipinski definition) is 1. The highest BCUT2D eigenvalue weighted by molar-refractivity contribution is 5.95. The molecular formula is C25H34N2O4. The maximum absolute atomic E-state index is 13.5. The number of nitrogens with one attached hydrogen (secondary N) is 1. The van der Waals surface area contributed by atoms with Gasteiger partial charge in [-0.3, -0.25) is 4.79 Å². The number of rotatable bonds is 10. The Morgan fingerprint density at radius 1 is 1.13 bits per heavy atom. The van der Waals surface area contributed by atoms with E-state index in [1.807, 2.05) is 47.4 Å². The summed E-state index contributed by atoms with van der Waals surface area (Å²) < 4.78 is 17.1. The Morgan fingerprint density at radius 3 is 2.61 bits per heavy atom. The number of nitrogens with zero attached hydrogens (tertiary/aromatic N) is 1. The molecule has 1 aliphatic heterocycles. The average molecular weight is 427 g/mol. The van der Waals surface area contributed by atoms with Crippen molar-refractivity contribution in [1.29, 1.82) is 0 Å². The molecule has 168 valence electrons. The largest absolute Gasteiger partial charge is 0.490 e. The van der Waals surface area contributed by atoms with Crippen molar-refractivity contribution in [3.05, 3.63) is 54.1 Å². The predicted octanol–water partition coefficient (Wildman–Crippen LogP) is 4.50. The fourth-order valence-corrected chi connectivity index (χ4v) is 3.88. The van der Waals surface area contributed by atoms with E-state index in [-0.39, 0.29) is 18.0 Å². The van der Waals surface area contributed by atoms with E-state index in [0.717, 1.165) is 38.1 Å². The quantitative estimate of drug-likeness (QED) is 0.567. The molecule has 0 saturated carbocycles. The Kier molecular flexibility index (Phi) is 8.74. The van der Waals surface area contributed by atoms with Crippen molar-refractivity contribution in [2.45, 2.75) is 45.2 Å². The predicted molar refractivity (Wildman–Crippen MR) is 122 cm³/mol. The molecule has 2 aromatic carbocycles. The minimum absolute atomic E-state index is 0.0247. The Balaban J connectivity index is 1.84. The lowest BCUT2D eigenvalue weighted by atomic mass is 10.0. The van der Waals surface area contributed by atoms with Gasteiger partial charge < -0.3 is 24.4 Å². The van der Waals surface area contributed by atoms with Gasteiger partial charge in [-0.05, 0) is 63.6 Å². The van der Waals surface area contributed by atoms with Crippen LogP contribution in [0.25, 0.3) is 0 Å². The zero-order chi connectivity index (χ0) is 22.1. The minimum atomic E-state index is 0.0247. The normalized spacial score (nSPS) is 16.2. The van der Waals surface area contributed by atoms with Gasteiger partial charge in [0.25, 0.3) is 5.91 Å². The lowest BCUT2D eigenvalue weighted by Gasteiger charge is -2.37. The summed E-state index contributed by atoms with van der Waals surface area (Å²) in [5, 5.41) is 3.41. The summed E-state index contributed by atoms with van der Waals surface area (Å²) in [6, 6.07) is 15.3. The second-order valence-corrected chi connectivity index (χ2v) is 8.08. The van der Waals surface area contributed by atoms with Gasteiger partial charge in [0.2, 0.25) is 0 Å². The van der Waals surface area contributed by atoms with Crippen molar-refractivity contribution in [3.63, 3.8) is 0 Å². The summed E-state index contributed by atoms with van der Waals surface area (Å²) in [5.41, 5.74) is 0.612. The van der Waals surface area contributed by atoms with E-state index in [9.17, 15) is 4.79 Å². The first-order valence-corrected chi connectivity index (χ1v) is 11.1. The standard InChI is InChI=1S/C25H34N2O4/c1-19(2)27(21-9-7-14-26-18-21)25(28)20-12-13-23(31-22-10-5-4-6-11-22)24(17-20)30-16-8-15-29-3/h4-6,10-13,17,19,21,26H,7-9,14-16,18H2,1-3H3/t21-/m1/s1. The van der Waals surface area contributed by atoms with Crippen molar-refractivity contribution in [2.24, 2.45) is 0 Å². The zero-order valence-corrected chi connectivity index (χ0v) is 18.8. The maximum Gasteiger partial charge on any atom is 0.254 e. The molecule has 0 aliphatic carbocycles. The van der Waals surface area contributed by atoms with E-state index in [4.69, 9.17) is 14.2 Å². The van der Waals surface area contributed by atoms with Crippen LogP contribution in [0, 0.1) is 0 Å². The highest BCUT2D eigenvalue weighted by Crippen LogP contribution is 2.33. The van der Waals surface area contributed by atoms with Crippen LogP contribution < -0.4 is 14.8 Å². The third-order valence-corrected chi connectivity index (χ3v) is 5.37. The molecule has 0 radical (unpaired) electrons. The second-order valence-electron chi connectivity index (χ2n) is 8.08. The fraction of sp³-hybridized carbons (Fsp3) is 0.480. The minimum Gasteiger partial charge on any atom is -0.490 e. The molecular weight excluding hydrogens is 392 g/mol. The molecule has 1 aliphatic rings. The van der Waals surface area contributed by atoms with Crippen LogP contribution in [0.2, 0.25) is 0 Å². The monoisotopic (exact) mass is 426 g/mol. The van der Waals surface area contributed by atoms with Crippen LogP contribution in [0.3, 0.4) is 0 Å². The van der Waals surface area contributed by atoms with Crippen molar-refractivity contribution in [3.8, 4) is 17.2 Å². The first kappa shape index (κ1) is 23.1. The smallest absolute Gasteiger partial charge is 0.254 e. The van der Waals surface area contributed by atoms with Gasteiger partial charge in [-0.2, -0.15) is 0 Å². The number of carbonyl (C=O) groups is 1. The molecule has 1 N–H and O–H groups in total. The highest BCUT2D eigenvalue weighted by Gasteiger charge is 2.29.